The van der Waals surface area contributed by atoms with Gasteiger partial charge in [0.15, 0.2) is 0 Å². The second-order valence-corrected chi connectivity index (χ2v) is 6.29. The van der Waals surface area contributed by atoms with E-state index in [1.165, 1.54) is 0 Å². The molecule has 0 aliphatic rings. The number of amides is 1. The van der Waals surface area contributed by atoms with Crippen molar-refractivity contribution in [3.8, 4) is 0 Å². The number of hydrogen-bond acceptors (Lipinski definition) is 1. The predicted octanol–water partition coefficient (Wildman–Crippen LogP) is 3.56. The molecule has 1 amide bonds. The van der Waals surface area contributed by atoms with Gasteiger partial charge in [-0.15, -0.1) is 0 Å². The lowest BCUT2D eigenvalue weighted by atomic mass is 10.1. The van der Waals surface area contributed by atoms with Crippen LogP contribution in [0.15, 0.2) is 24.3 Å². The average molecular weight is 319 g/mol. The third kappa shape index (κ3) is 6.08. The highest BCUT2D eigenvalue weighted by atomic mass is 79.9. The summed E-state index contributed by atoms with van der Waals surface area (Å²) in [4.78, 5) is 12.1. The molecule has 0 aliphatic carbocycles. The van der Waals surface area contributed by atoms with Crippen molar-refractivity contribution in [1.29, 1.82) is 0 Å². The van der Waals surface area contributed by atoms with Gasteiger partial charge in [-0.25, -0.2) is 0 Å². The lowest BCUT2D eigenvalue weighted by Crippen LogP contribution is -2.34. The standard InChI is InChI=1S/C13H17BrClNO/c1-9(14)7-10(2)16-13(17)8-11-3-5-12(15)6-4-11/h3-6,9-10H,7-8H2,1-2H3,(H,16,17). The molecule has 0 aromatic heterocycles. The molecular formula is C13H17BrClNO. The Morgan fingerprint density at radius 1 is 1.35 bits per heavy atom. The van der Waals surface area contributed by atoms with Crippen LogP contribution in [0.3, 0.4) is 0 Å². The van der Waals surface area contributed by atoms with Crippen LogP contribution in [0, 0.1) is 0 Å². The fraction of sp³-hybridized carbons (Fsp3) is 0.462. The van der Waals surface area contributed by atoms with Crippen molar-refractivity contribution in [1.82, 2.24) is 5.32 Å². The number of carbonyl (C=O) groups excluding carboxylic acids is 1. The summed E-state index contributed by atoms with van der Waals surface area (Å²) in [6, 6.07) is 7.53. The van der Waals surface area contributed by atoms with Crippen LogP contribution in [0.4, 0.5) is 0 Å². The Balaban J connectivity index is 2.41. The molecule has 1 N–H and O–H groups in total. The highest BCUT2D eigenvalue weighted by Gasteiger charge is 2.10. The quantitative estimate of drug-likeness (QED) is 0.826. The van der Waals surface area contributed by atoms with Crippen LogP contribution >= 0.6 is 27.5 Å². The molecule has 4 heteroatoms. The predicted molar refractivity (Wildman–Crippen MR) is 75.8 cm³/mol. The molecule has 0 fully saturated rings. The first kappa shape index (κ1) is 14.5. The van der Waals surface area contributed by atoms with Gasteiger partial charge < -0.3 is 5.32 Å². The highest BCUT2D eigenvalue weighted by molar-refractivity contribution is 9.09. The molecule has 2 nitrogen and oxygen atoms in total. The van der Waals surface area contributed by atoms with Gasteiger partial charge in [-0.05, 0) is 31.0 Å². The largest absolute Gasteiger partial charge is 0.353 e. The van der Waals surface area contributed by atoms with Gasteiger partial charge in [0.1, 0.15) is 0 Å². The minimum atomic E-state index is 0.0490. The molecule has 0 saturated carbocycles. The lowest BCUT2D eigenvalue weighted by molar-refractivity contribution is -0.121. The minimum Gasteiger partial charge on any atom is -0.353 e. The van der Waals surface area contributed by atoms with Crippen LogP contribution in [-0.2, 0) is 11.2 Å². The number of halogens is 2. The first-order valence-corrected chi connectivity index (χ1v) is 6.94. The number of carbonyl (C=O) groups is 1. The highest BCUT2D eigenvalue weighted by Crippen LogP contribution is 2.10. The fourth-order valence-electron chi connectivity index (χ4n) is 1.66. The molecule has 1 aromatic carbocycles. The molecule has 0 radical (unpaired) electrons. The van der Waals surface area contributed by atoms with Crippen molar-refractivity contribution in [2.45, 2.75) is 37.6 Å². The molecule has 2 unspecified atom stereocenters. The van der Waals surface area contributed by atoms with E-state index in [2.05, 4.69) is 28.2 Å². The minimum absolute atomic E-state index is 0.0490. The summed E-state index contributed by atoms with van der Waals surface area (Å²) < 4.78 is 0. The van der Waals surface area contributed by atoms with Crippen LogP contribution in [0.25, 0.3) is 0 Å². The number of hydrogen-bond donors (Lipinski definition) is 1. The van der Waals surface area contributed by atoms with E-state index in [0.29, 0.717) is 16.3 Å². The van der Waals surface area contributed by atoms with Crippen molar-refractivity contribution in [3.63, 3.8) is 0 Å². The summed E-state index contributed by atoms with van der Waals surface area (Å²) in [5.74, 6) is 0.0490. The summed E-state index contributed by atoms with van der Waals surface area (Å²) in [5.41, 5.74) is 0.978. The van der Waals surface area contributed by atoms with E-state index in [4.69, 9.17) is 11.6 Å². The normalized spacial score (nSPS) is 14.1. The molecule has 94 valence electrons. The van der Waals surface area contributed by atoms with E-state index in [-0.39, 0.29) is 11.9 Å². The van der Waals surface area contributed by atoms with E-state index >= 15 is 0 Å². The van der Waals surface area contributed by atoms with Gasteiger partial charge in [0.05, 0.1) is 6.42 Å². The van der Waals surface area contributed by atoms with E-state index < -0.39 is 0 Å². The van der Waals surface area contributed by atoms with Gasteiger partial charge in [0, 0.05) is 15.9 Å². The molecule has 0 saturated heterocycles. The Kier molecular flexibility index (Phi) is 6.00. The summed E-state index contributed by atoms with van der Waals surface area (Å²) in [5, 5.41) is 3.66. The van der Waals surface area contributed by atoms with Crippen molar-refractivity contribution in [2.75, 3.05) is 0 Å². The Morgan fingerprint density at radius 3 is 2.47 bits per heavy atom. The topological polar surface area (TPSA) is 29.1 Å². The number of nitrogens with one attached hydrogen (secondary N) is 1. The van der Waals surface area contributed by atoms with Crippen LogP contribution in [0.5, 0.6) is 0 Å². The van der Waals surface area contributed by atoms with Crippen LogP contribution in [0.1, 0.15) is 25.8 Å². The maximum atomic E-state index is 11.7. The Bertz CT molecular complexity index is 364. The average Bonchev–Trinajstić information content (AvgIpc) is 2.19. The molecule has 1 aromatic rings. The molecule has 0 aliphatic heterocycles. The van der Waals surface area contributed by atoms with Crippen LogP contribution in [-0.4, -0.2) is 16.8 Å². The lowest BCUT2D eigenvalue weighted by Gasteiger charge is -2.15. The van der Waals surface area contributed by atoms with E-state index in [1.54, 1.807) is 12.1 Å². The molecule has 0 heterocycles. The number of rotatable bonds is 5. The van der Waals surface area contributed by atoms with Crippen molar-refractivity contribution >= 4 is 33.4 Å². The monoisotopic (exact) mass is 317 g/mol. The van der Waals surface area contributed by atoms with Gasteiger partial charge in [-0.1, -0.05) is 46.6 Å². The number of benzene rings is 1. The third-order valence-corrected chi connectivity index (χ3v) is 2.99. The smallest absolute Gasteiger partial charge is 0.224 e. The van der Waals surface area contributed by atoms with Crippen LogP contribution < -0.4 is 5.32 Å². The summed E-state index contributed by atoms with van der Waals surface area (Å²) in [6.07, 6.45) is 1.32. The maximum absolute atomic E-state index is 11.7. The molecule has 17 heavy (non-hydrogen) atoms. The van der Waals surface area contributed by atoms with Gasteiger partial charge in [-0.3, -0.25) is 4.79 Å². The second kappa shape index (κ2) is 7.02. The van der Waals surface area contributed by atoms with Gasteiger partial charge >= 0.3 is 0 Å². The first-order chi connectivity index (χ1) is 7.97. The summed E-state index contributed by atoms with van der Waals surface area (Å²) >= 11 is 9.26. The molecular weight excluding hydrogens is 302 g/mol. The summed E-state index contributed by atoms with van der Waals surface area (Å²) in [7, 11) is 0. The third-order valence-electron chi connectivity index (χ3n) is 2.36. The van der Waals surface area contributed by atoms with E-state index in [0.717, 1.165) is 12.0 Å². The van der Waals surface area contributed by atoms with Crippen molar-refractivity contribution < 1.29 is 4.79 Å². The zero-order chi connectivity index (χ0) is 12.8. The van der Waals surface area contributed by atoms with Gasteiger partial charge in [0.2, 0.25) is 5.91 Å². The summed E-state index contributed by atoms with van der Waals surface area (Å²) in [6.45, 7) is 4.08. The Morgan fingerprint density at radius 2 is 1.94 bits per heavy atom. The Labute approximate surface area is 116 Å². The van der Waals surface area contributed by atoms with Crippen molar-refractivity contribution in [2.24, 2.45) is 0 Å². The second-order valence-electron chi connectivity index (χ2n) is 4.29. The number of alkyl halides is 1. The maximum Gasteiger partial charge on any atom is 0.224 e. The molecule has 0 spiro atoms. The van der Waals surface area contributed by atoms with Gasteiger partial charge in [0.25, 0.3) is 0 Å². The van der Waals surface area contributed by atoms with E-state index in [9.17, 15) is 4.79 Å². The Hall–Kier alpha value is -0.540. The van der Waals surface area contributed by atoms with E-state index in [1.807, 2.05) is 19.1 Å². The fourth-order valence-corrected chi connectivity index (χ4v) is 2.35. The van der Waals surface area contributed by atoms with Gasteiger partial charge in [-0.2, -0.15) is 0 Å². The SMILES string of the molecule is CC(Br)CC(C)NC(=O)Cc1ccc(Cl)cc1. The van der Waals surface area contributed by atoms with Crippen molar-refractivity contribution in [3.05, 3.63) is 34.9 Å². The molecule has 0 bridgehead atoms. The zero-order valence-electron chi connectivity index (χ0n) is 10.0. The zero-order valence-corrected chi connectivity index (χ0v) is 12.4. The molecule has 1 rings (SSSR count). The molecule has 2 atom stereocenters. The first-order valence-electron chi connectivity index (χ1n) is 5.65. The van der Waals surface area contributed by atoms with Crippen LogP contribution in [0.2, 0.25) is 5.02 Å².